The Hall–Kier alpha value is -3.84. The number of aryl methyl sites for hydroxylation is 1. The first-order valence-corrected chi connectivity index (χ1v) is 18.9. The van der Waals surface area contributed by atoms with Crippen LogP contribution in [0, 0.1) is 11.8 Å². The first kappa shape index (κ1) is 31.6. The average molecular weight is 623 g/mol. The van der Waals surface area contributed by atoms with Crippen LogP contribution in [0.5, 0.6) is 11.5 Å². The van der Waals surface area contributed by atoms with Crippen molar-refractivity contribution in [3.8, 4) is 11.5 Å². The molecule has 226 valence electrons. The fourth-order valence-electron chi connectivity index (χ4n) is 5.48. The Morgan fingerprint density at radius 1 is 0.818 bits per heavy atom. The lowest BCUT2D eigenvalue weighted by Gasteiger charge is -2.25. The van der Waals surface area contributed by atoms with E-state index in [2.05, 4.69) is 32.2 Å². The predicted octanol–water partition coefficient (Wildman–Crippen LogP) is 10.7. The minimum Gasteiger partial charge on any atom is -0.442 e. The fourth-order valence-corrected chi connectivity index (χ4v) is 10.1. The Bertz CT molecular complexity index is 1720. The lowest BCUT2D eigenvalue weighted by atomic mass is 10.1. The summed E-state index contributed by atoms with van der Waals surface area (Å²) in [4.78, 5) is 0. The van der Waals surface area contributed by atoms with Gasteiger partial charge in [0.2, 0.25) is 7.37 Å². The molecule has 2 aromatic carbocycles. The van der Waals surface area contributed by atoms with Crippen LogP contribution in [-0.2, 0) is 15.6 Å². The monoisotopic (exact) mass is 622 g/mol. The van der Waals surface area contributed by atoms with E-state index in [1.807, 2.05) is 109 Å². The van der Waals surface area contributed by atoms with Crippen molar-refractivity contribution >= 4 is 20.3 Å². The normalized spacial score (nSPS) is 30.0. The molecule has 4 nitrogen and oxygen atoms in total. The van der Waals surface area contributed by atoms with Crippen molar-refractivity contribution in [3.05, 3.63) is 163 Å². The van der Waals surface area contributed by atoms with E-state index in [0.717, 1.165) is 35.1 Å². The van der Waals surface area contributed by atoms with Gasteiger partial charge in [-0.3, -0.25) is 9.13 Å². The lowest BCUT2D eigenvalue weighted by molar-refractivity contribution is 0.471. The summed E-state index contributed by atoms with van der Waals surface area (Å²) in [5, 5.41) is 0.463. The van der Waals surface area contributed by atoms with E-state index in [1.165, 1.54) is 0 Å². The van der Waals surface area contributed by atoms with E-state index in [-0.39, 0.29) is 18.0 Å². The Morgan fingerprint density at radius 3 is 2.45 bits per heavy atom. The molecule has 2 aromatic rings. The third kappa shape index (κ3) is 8.20. The Labute approximate surface area is 262 Å². The molecule has 4 unspecified atom stereocenters. The molecular formula is C38H40O4P2. The minimum atomic E-state index is -3.37. The summed E-state index contributed by atoms with van der Waals surface area (Å²) in [7, 11) is -6.52. The van der Waals surface area contributed by atoms with Crippen LogP contribution in [0.4, 0.5) is 0 Å². The average Bonchev–Trinajstić information content (AvgIpc) is 3.22. The molecule has 1 aliphatic carbocycles. The summed E-state index contributed by atoms with van der Waals surface area (Å²) in [5.41, 5.74) is 3.52. The van der Waals surface area contributed by atoms with Crippen molar-refractivity contribution in [2.24, 2.45) is 11.8 Å². The molecule has 4 atom stereocenters. The van der Waals surface area contributed by atoms with E-state index in [1.54, 1.807) is 6.08 Å². The zero-order valence-corrected chi connectivity index (χ0v) is 27.0. The molecule has 0 radical (unpaired) electrons. The molecule has 3 aliphatic rings. The molecular weight excluding hydrogens is 582 g/mol. The SMILES string of the molecule is C=C1/C=C\C=C/C(C)CP(=O)(CC2C=CC=C(CP3(=O)Oc4ccccc4CC/C=C\C=C/C3=C)C=C2)Oc2ccccc21. The minimum absolute atomic E-state index is 0.0623. The highest BCUT2D eigenvalue weighted by atomic mass is 31.2. The molecule has 0 aromatic heterocycles. The largest absolute Gasteiger partial charge is 0.442 e. The molecule has 5 rings (SSSR count). The van der Waals surface area contributed by atoms with Crippen molar-refractivity contribution < 1.29 is 18.2 Å². The smallest absolute Gasteiger partial charge is 0.280 e. The van der Waals surface area contributed by atoms with Gasteiger partial charge >= 0.3 is 0 Å². The van der Waals surface area contributed by atoms with Crippen LogP contribution in [0.2, 0.25) is 0 Å². The third-order valence-electron chi connectivity index (χ3n) is 7.79. The number of hydrogen-bond acceptors (Lipinski definition) is 4. The summed E-state index contributed by atoms with van der Waals surface area (Å²) >= 11 is 0. The molecule has 0 bridgehead atoms. The second-order valence-corrected chi connectivity index (χ2v) is 16.5. The van der Waals surface area contributed by atoms with E-state index >= 15 is 0 Å². The van der Waals surface area contributed by atoms with Crippen molar-refractivity contribution in [1.82, 2.24) is 0 Å². The van der Waals surface area contributed by atoms with E-state index in [4.69, 9.17) is 9.05 Å². The molecule has 2 aliphatic heterocycles. The number of fused-ring (bicyclic) bond motifs is 2. The highest BCUT2D eigenvalue weighted by Crippen LogP contribution is 2.57. The van der Waals surface area contributed by atoms with Gasteiger partial charge < -0.3 is 9.05 Å². The van der Waals surface area contributed by atoms with E-state index in [0.29, 0.717) is 29.1 Å². The highest BCUT2D eigenvalue weighted by molar-refractivity contribution is 7.64. The second kappa shape index (κ2) is 14.3. The number of para-hydroxylation sites is 2. The Morgan fingerprint density at radius 2 is 1.59 bits per heavy atom. The van der Waals surface area contributed by atoms with Crippen LogP contribution < -0.4 is 9.05 Å². The van der Waals surface area contributed by atoms with Gasteiger partial charge in [0.25, 0.3) is 7.37 Å². The van der Waals surface area contributed by atoms with Crippen LogP contribution in [0.15, 0.2) is 152 Å². The molecule has 0 fully saturated rings. The molecule has 0 saturated heterocycles. The third-order valence-corrected chi connectivity index (χ3v) is 12.7. The standard InChI is InChI=1S/C38H40O4P2/c1-30-15-8-9-16-31(2)36-22-11-13-24-38(36)41-43(39,27-30)28-33-18-14-19-34(26-25-33)29-44(40)32(3)17-6-4-5-7-20-35-21-10-12-23-37(35)42-44/h4-6,8-19,21-26,30,33H,2-3,7,20,27-29H2,1H3/b5-4-,15-8-,16-9-,17-6-. The first-order chi connectivity index (χ1) is 21.2. The van der Waals surface area contributed by atoms with E-state index in [9.17, 15) is 9.13 Å². The van der Waals surface area contributed by atoms with Crippen LogP contribution in [-0.4, -0.2) is 18.5 Å². The molecule has 0 saturated carbocycles. The predicted molar refractivity (Wildman–Crippen MR) is 186 cm³/mol. The Balaban J connectivity index is 1.37. The van der Waals surface area contributed by atoms with Gasteiger partial charge in [-0.25, -0.2) is 0 Å². The van der Waals surface area contributed by atoms with Crippen molar-refractivity contribution in [2.45, 2.75) is 19.8 Å². The maximum Gasteiger partial charge on any atom is 0.280 e. The maximum absolute atomic E-state index is 14.5. The topological polar surface area (TPSA) is 52.6 Å². The Kier molecular flexibility index (Phi) is 10.3. The quantitative estimate of drug-likeness (QED) is 0.318. The van der Waals surface area contributed by atoms with Crippen molar-refractivity contribution in [3.63, 3.8) is 0 Å². The number of benzene rings is 2. The van der Waals surface area contributed by atoms with Crippen LogP contribution >= 0.6 is 14.7 Å². The summed E-state index contributed by atoms with van der Waals surface area (Å²) in [6.45, 7) is 10.4. The van der Waals surface area contributed by atoms with Gasteiger partial charge in [0, 0.05) is 29.1 Å². The van der Waals surface area contributed by atoms with Gasteiger partial charge in [-0.2, -0.15) is 0 Å². The summed E-state index contributed by atoms with van der Waals surface area (Å²) in [5.74, 6) is 1.15. The molecule has 0 amide bonds. The van der Waals surface area contributed by atoms with Crippen molar-refractivity contribution in [2.75, 3.05) is 18.5 Å². The molecule has 0 spiro atoms. The molecule has 6 heteroatoms. The second-order valence-electron chi connectivity index (χ2n) is 11.5. The zero-order chi connectivity index (χ0) is 31.0. The van der Waals surface area contributed by atoms with Gasteiger partial charge in [-0.1, -0.05) is 129 Å². The first-order valence-electron chi connectivity index (χ1n) is 15.1. The summed E-state index contributed by atoms with van der Waals surface area (Å²) in [6, 6.07) is 15.4. The number of hydrogen-bond donors (Lipinski definition) is 0. The maximum atomic E-state index is 14.5. The number of allylic oxidation sites excluding steroid dienone is 16. The molecule has 0 N–H and O–H groups in total. The van der Waals surface area contributed by atoms with Crippen LogP contribution in [0.3, 0.4) is 0 Å². The molecule has 44 heavy (non-hydrogen) atoms. The number of rotatable bonds is 4. The van der Waals surface area contributed by atoms with Gasteiger partial charge in [-0.05, 0) is 53.7 Å². The van der Waals surface area contributed by atoms with Crippen LogP contribution in [0.1, 0.15) is 24.5 Å². The molecule has 2 heterocycles. The van der Waals surface area contributed by atoms with Gasteiger partial charge in [0.05, 0.1) is 6.16 Å². The van der Waals surface area contributed by atoms with Gasteiger partial charge in [0.15, 0.2) is 0 Å². The fraction of sp³-hybridized carbons (Fsp3) is 0.211. The lowest BCUT2D eigenvalue weighted by Crippen LogP contribution is -2.13. The van der Waals surface area contributed by atoms with Crippen LogP contribution in [0.25, 0.3) is 5.57 Å². The summed E-state index contributed by atoms with van der Waals surface area (Å²) in [6.07, 6.45) is 28.2. The van der Waals surface area contributed by atoms with Crippen molar-refractivity contribution in [1.29, 1.82) is 0 Å². The van der Waals surface area contributed by atoms with Gasteiger partial charge in [-0.15, -0.1) is 0 Å². The zero-order valence-electron chi connectivity index (χ0n) is 25.3. The highest BCUT2D eigenvalue weighted by Gasteiger charge is 2.32. The van der Waals surface area contributed by atoms with E-state index < -0.39 is 14.7 Å². The summed E-state index contributed by atoms with van der Waals surface area (Å²) < 4.78 is 41.8. The van der Waals surface area contributed by atoms with Gasteiger partial charge in [0.1, 0.15) is 11.5 Å².